The minimum absolute atomic E-state index is 0.0108. The van der Waals surface area contributed by atoms with Crippen molar-refractivity contribution >= 4 is 45.2 Å². The van der Waals surface area contributed by atoms with E-state index in [0.29, 0.717) is 0 Å². The van der Waals surface area contributed by atoms with Crippen LogP contribution in [-0.2, 0) is 9.59 Å². The molecule has 29 heavy (non-hydrogen) atoms. The number of hydrogen-bond donors (Lipinski definition) is 1. The number of ether oxygens (including phenoxy) is 1. The average molecular weight is 477 g/mol. The van der Waals surface area contributed by atoms with Gasteiger partial charge in [0.05, 0.1) is 24.7 Å². The number of carbonyl (C=O) groups is 2. The van der Waals surface area contributed by atoms with Crippen LogP contribution in [0, 0.1) is 6.92 Å². The Morgan fingerprint density at radius 2 is 2.07 bits per heavy atom. The molecule has 5 nitrogen and oxygen atoms in total. The molecule has 2 aromatic rings. The molecule has 0 bridgehead atoms. The zero-order chi connectivity index (χ0) is 20.8. The van der Waals surface area contributed by atoms with Crippen LogP contribution in [0.2, 0.25) is 0 Å². The molecule has 0 spiro atoms. The number of rotatable bonds is 7. The van der Waals surface area contributed by atoms with Crippen molar-refractivity contribution in [1.29, 1.82) is 0 Å². The van der Waals surface area contributed by atoms with Gasteiger partial charge in [0.15, 0.2) is 0 Å². The number of amides is 2. The minimum atomic E-state index is -0.0972. The number of aryl methyl sites for hydroxylation is 1. The second-order valence-corrected chi connectivity index (χ2v) is 8.94. The smallest absolute Gasteiger partial charge is 0.234 e. The Labute approximate surface area is 184 Å². The Kier molecular flexibility index (Phi) is 7.61. The maximum atomic E-state index is 12.8. The highest BCUT2D eigenvalue weighted by atomic mass is 79.9. The molecule has 3 rings (SSSR count). The lowest BCUT2D eigenvalue weighted by atomic mass is 10.0. The zero-order valence-corrected chi connectivity index (χ0v) is 19.0. The fourth-order valence-electron chi connectivity index (χ4n) is 3.59. The van der Waals surface area contributed by atoms with Crippen molar-refractivity contribution in [2.24, 2.45) is 0 Å². The lowest BCUT2D eigenvalue weighted by molar-refractivity contribution is -0.129. The molecule has 1 aliphatic heterocycles. The van der Waals surface area contributed by atoms with Crippen molar-refractivity contribution in [2.45, 2.75) is 25.8 Å². The summed E-state index contributed by atoms with van der Waals surface area (Å²) in [6, 6.07) is 13.6. The highest BCUT2D eigenvalue weighted by Gasteiger charge is 2.31. The van der Waals surface area contributed by atoms with Gasteiger partial charge in [0.25, 0.3) is 0 Å². The van der Waals surface area contributed by atoms with Gasteiger partial charge in [-0.25, -0.2) is 0 Å². The van der Waals surface area contributed by atoms with Gasteiger partial charge in [-0.05, 0) is 55.7 Å². The summed E-state index contributed by atoms with van der Waals surface area (Å²) in [7, 11) is 1.65. The summed E-state index contributed by atoms with van der Waals surface area (Å²) in [5.41, 5.74) is 2.90. The Balaban J connectivity index is 1.55. The van der Waals surface area contributed by atoms with Gasteiger partial charge in [0.1, 0.15) is 5.75 Å². The topological polar surface area (TPSA) is 58.6 Å². The van der Waals surface area contributed by atoms with Crippen LogP contribution in [0.5, 0.6) is 5.75 Å². The van der Waals surface area contributed by atoms with E-state index in [1.54, 1.807) is 7.11 Å². The second kappa shape index (κ2) is 10.2. The first-order chi connectivity index (χ1) is 14.0. The summed E-state index contributed by atoms with van der Waals surface area (Å²) in [6.07, 6.45) is 1.88. The van der Waals surface area contributed by atoms with E-state index >= 15 is 0 Å². The molecule has 2 amide bonds. The summed E-state index contributed by atoms with van der Waals surface area (Å²) < 4.78 is 6.47. The van der Waals surface area contributed by atoms with Crippen molar-refractivity contribution in [3.05, 3.63) is 58.1 Å². The number of nitrogens with zero attached hydrogens (tertiary/aromatic N) is 1. The molecule has 1 N–H and O–H groups in total. The number of anilines is 1. The standard InChI is InChI=1S/C22H25BrN2O3S/c1-15-5-3-6-17(11-15)24-21(26)13-29-14-22(27)25-10-4-7-19(25)18-12-16(23)8-9-20(18)28-2/h3,5-6,8-9,11-12,19H,4,7,10,13-14H2,1-2H3,(H,24,26)/t19-/m1/s1. The van der Waals surface area contributed by atoms with Crippen LogP contribution >= 0.6 is 27.7 Å². The quantitative estimate of drug-likeness (QED) is 0.623. The van der Waals surface area contributed by atoms with Crippen molar-refractivity contribution in [3.63, 3.8) is 0 Å². The molecule has 7 heteroatoms. The minimum Gasteiger partial charge on any atom is -0.496 e. The van der Waals surface area contributed by atoms with Crippen LogP contribution < -0.4 is 10.1 Å². The van der Waals surface area contributed by atoms with Crippen LogP contribution in [0.1, 0.15) is 30.0 Å². The number of likely N-dealkylation sites (tertiary alicyclic amines) is 1. The Hall–Kier alpha value is -1.99. The van der Waals surface area contributed by atoms with E-state index < -0.39 is 0 Å². The van der Waals surface area contributed by atoms with Gasteiger partial charge in [0, 0.05) is 22.3 Å². The maximum Gasteiger partial charge on any atom is 0.234 e. The molecule has 1 fully saturated rings. The summed E-state index contributed by atoms with van der Waals surface area (Å²) in [6.45, 7) is 2.71. The molecule has 1 aliphatic rings. The monoisotopic (exact) mass is 476 g/mol. The third-order valence-electron chi connectivity index (χ3n) is 4.88. The molecule has 2 aromatic carbocycles. The van der Waals surface area contributed by atoms with E-state index in [1.165, 1.54) is 11.8 Å². The number of hydrogen-bond acceptors (Lipinski definition) is 4. The number of methoxy groups -OCH3 is 1. The van der Waals surface area contributed by atoms with E-state index in [1.807, 2.05) is 54.3 Å². The van der Waals surface area contributed by atoms with Crippen LogP contribution in [0.4, 0.5) is 5.69 Å². The molecular weight excluding hydrogens is 452 g/mol. The van der Waals surface area contributed by atoms with E-state index in [4.69, 9.17) is 4.74 Å². The molecule has 1 atom stereocenters. The number of thioether (sulfide) groups is 1. The van der Waals surface area contributed by atoms with Gasteiger partial charge in [-0.2, -0.15) is 0 Å². The Morgan fingerprint density at radius 1 is 1.24 bits per heavy atom. The van der Waals surface area contributed by atoms with Crippen LogP contribution in [0.3, 0.4) is 0 Å². The van der Waals surface area contributed by atoms with Crippen LogP contribution in [0.25, 0.3) is 0 Å². The van der Waals surface area contributed by atoms with Crippen LogP contribution in [-0.4, -0.2) is 41.9 Å². The Morgan fingerprint density at radius 3 is 2.83 bits per heavy atom. The zero-order valence-electron chi connectivity index (χ0n) is 16.6. The van der Waals surface area contributed by atoms with Crippen molar-refractivity contribution in [2.75, 3.05) is 30.5 Å². The van der Waals surface area contributed by atoms with Gasteiger partial charge in [-0.15, -0.1) is 11.8 Å². The van der Waals surface area contributed by atoms with E-state index in [9.17, 15) is 9.59 Å². The third kappa shape index (κ3) is 5.76. The average Bonchev–Trinajstić information content (AvgIpc) is 3.17. The van der Waals surface area contributed by atoms with Gasteiger partial charge in [-0.3, -0.25) is 9.59 Å². The first kappa shape index (κ1) is 21.7. The van der Waals surface area contributed by atoms with E-state index in [2.05, 4.69) is 21.2 Å². The maximum absolute atomic E-state index is 12.8. The largest absolute Gasteiger partial charge is 0.496 e. The molecule has 0 aromatic heterocycles. The molecule has 1 saturated heterocycles. The van der Waals surface area contributed by atoms with Gasteiger partial charge in [-0.1, -0.05) is 28.1 Å². The summed E-state index contributed by atoms with van der Waals surface area (Å²) in [5.74, 6) is 1.29. The van der Waals surface area contributed by atoms with Crippen molar-refractivity contribution in [1.82, 2.24) is 4.90 Å². The fraction of sp³-hybridized carbons (Fsp3) is 0.364. The molecule has 154 valence electrons. The molecule has 0 unspecified atom stereocenters. The molecule has 1 heterocycles. The van der Waals surface area contributed by atoms with Gasteiger partial charge < -0.3 is 15.0 Å². The number of benzene rings is 2. The number of nitrogens with one attached hydrogen (secondary N) is 1. The first-order valence-corrected chi connectivity index (χ1v) is 11.5. The summed E-state index contributed by atoms with van der Waals surface area (Å²) in [5, 5.41) is 2.88. The normalized spacial score (nSPS) is 16.0. The summed E-state index contributed by atoms with van der Waals surface area (Å²) >= 11 is 4.86. The number of carbonyl (C=O) groups excluding carboxylic acids is 2. The number of halogens is 1. The first-order valence-electron chi connectivity index (χ1n) is 9.55. The molecule has 0 radical (unpaired) electrons. The lowest BCUT2D eigenvalue weighted by Gasteiger charge is -2.26. The predicted octanol–water partition coefficient (Wildman–Crippen LogP) is 4.80. The lowest BCUT2D eigenvalue weighted by Crippen LogP contribution is -2.32. The van der Waals surface area contributed by atoms with Crippen LogP contribution in [0.15, 0.2) is 46.9 Å². The van der Waals surface area contributed by atoms with E-state index in [-0.39, 0.29) is 29.4 Å². The Bertz CT molecular complexity index is 890. The second-order valence-electron chi connectivity index (χ2n) is 7.04. The summed E-state index contributed by atoms with van der Waals surface area (Å²) in [4.78, 5) is 26.9. The fourth-order valence-corrected chi connectivity index (χ4v) is 4.67. The molecule has 0 aliphatic carbocycles. The van der Waals surface area contributed by atoms with E-state index in [0.717, 1.165) is 46.4 Å². The highest BCUT2D eigenvalue weighted by Crippen LogP contribution is 2.38. The molecule has 0 saturated carbocycles. The van der Waals surface area contributed by atoms with Crippen molar-refractivity contribution < 1.29 is 14.3 Å². The highest BCUT2D eigenvalue weighted by molar-refractivity contribution is 9.10. The van der Waals surface area contributed by atoms with Crippen molar-refractivity contribution in [3.8, 4) is 5.75 Å². The van der Waals surface area contributed by atoms with Gasteiger partial charge in [0.2, 0.25) is 11.8 Å². The molecular formula is C22H25BrN2O3S. The SMILES string of the molecule is COc1ccc(Br)cc1[C@H]1CCCN1C(=O)CSCC(=O)Nc1cccc(C)c1. The predicted molar refractivity (Wildman–Crippen MR) is 122 cm³/mol. The van der Waals surface area contributed by atoms with Gasteiger partial charge >= 0.3 is 0 Å². The third-order valence-corrected chi connectivity index (χ3v) is 6.30.